The van der Waals surface area contributed by atoms with Crippen molar-refractivity contribution in [2.45, 2.75) is 24.7 Å². The molecule has 0 atom stereocenters. The summed E-state index contributed by atoms with van der Waals surface area (Å²) in [6, 6.07) is 44.3. The third-order valence-corrected chi connectivity index (χ3v) is 13.1. The van der Waals surface area contributed by atoms with Crippen molar-refractivity contribution in [3.8, 4) is 0 Å². The van der Waals surface area contributed by atoms with Gasteiger partial charge in [-0.25, -0.2) is 0 Å². The van der Waals surface area contributed by atoms with Gasteiger partial charge in [0.2, 0.25) is 0 Å². The van der Waals surface area contributed by atoms with E-state index in [0.29, 0.717) is 11.8 Å². The first-order chi connectivity index (χ1) is 18.4. The van der Waals surface area contributed by atoms with Gasteiger partial charge in [0.1, 0.15) is 0 Å². The Hall–Kier alpha value is -3.29. The van der Waals surface area contributed by atoms with Gasteiger partial charge < -0.3 is 2.85 Å². The maximum atomic E-state index is 2.43. The molecule has 1 heteroatoms. The van der Waals surface area contributed by atoms with E-state index in [2.05, 4.69) is 146 Å². The Morgan fingerprint density at radius 2 is 0.730 bits per heavy atom. The van der Waals surface area contributed by atoms with E-state index in [4.69, 9.17) is 0 Å². The maximum Gasteiger partial charge on any atom is -1.00 e. The van der Waals surface area contributed by atoms with Crippen LogP contribution in [0.5, 0.6) is 0 Å². The summed E-state index contributed by atoms with van der Waals surface area (Å²) in [6.07, 6.45) is 11.9. The molecule has 0 aromatic heterocycles. The molecule has 0 amide bonds. The number of hydrogen-bond acceptors (Lipinski definition) is 0. The van der Waals surface area contributed by atoms with Crippen LogP contribution in [-0.2, 0) is 22.9 Å². The number of benzene rings is 4. The Morgan fingerprint density at radius 3 is 1.03 bits per heavy atom. The zero-order valence-corrected chi connectivity index (χ0v) is 24.5. The van der Waals surface area contributed by atoms with E-state index < -0.39 is 22.9 Å². The van der Waals surface area contributed by atoms with Gasteiger partial charge in [-0.15, -0.1) is 0 Å². The Bertz CT molecular complexity index is 1280. The molecule has 0 saturated carbocycles. The van der Waals surface area contributed by atoms with E-state index in [0.717, 1.165) is 12.8 Å². The van der Waals surface area contributed by atoms with Crippen LogP contribution in [0.3, 0.4) is 0 Å². The average Bonchev–Trinajstić information content (AvgIpc) is 3.62. The number of rotatable bonds is 8. The second-order valence-electron chi connectivity index (χ2n) is 9.71. The summed E-state index contributed by atoms with van der Waals surface area (Å²) >= 11 is -1.25. The van der Waals surface area contributed by atoms with Crippen LogP contribution < -0.4 is 0 Å². The van der Waals surface area contributed by atoms with E-state index in [-0.39, 0.29) is 2.85 Å². The van der Waals surface area contributed by atoms with E-state index >= 15 is 0 Å². The van der Waals surface area contributed by atoms with Crippen LogP contribution in [0.4, 0.5) is 0 Å². The largest absolute Gasteiger partial charge is 1.00 e. The summed E-state index contributed by atoms with van der Waals surface area (Å²) in [6.45, 7) is 0. The zero-order valence-electron chi connectivity index (χ0n) is 22.9. The average molecular weight is 643 g/mol. The van der Waals surface area contributed by atoms with Crippen molar-refractivity contribution in [2.24, 2.45) is 0 Å². The molecule has 0 N–H and O–H groups in total. The third kappa shape index (κ3) is 5.24. The van der Waals surface area contributed by atoms with Crippen LogP contribution >= 0.6 is 0 Å². The molecular weight excluding hydrogens is 611 g/mol. The quantitative estimate of drug-likeness (QED) is 0.168. The van der Waals surface area contributed by atoms with Gasteiger partial charge in [-0.1, -0.05) is 0 Å². The summed E-state index contributed by atoms with van der Waals surface area (Å²) in [7, 11) is 0. The van der Waals surface area contributed by atoms with Gasteiger partial charge in [0.05, 0.1) is 0 Å². The topological polar surface area (TPSA) is 0 Å². The number of hydrogen-bond donors (Lipinski definition) is 0. The van der Waals surface area contributed by atoms with Gasteiger partial charge in [0, 0.05) is 0 Å². The molecule has 182 valence electrons. The van der Waals surface area contributed by atoms with Crippen LogP contribution in [-0.4, -0.2) is 0 Å². The van der Waals surface area contributed by atoms with Crippen molar-refractivity contribution in [1.29, 1.82) is 0 Å². The fourth-order valence-corrected chi connectivity index (χ4v) is 11.3. The van der Waals surface area contributed by atoms with Gasteiger partial charge in [-0.05, 0) is 0 Å². The second kappa shape index (κ2) is 11.4. The van der Waals surface area contributed by atoms with Gasteiger partial charge in [-0.3, -0.25) is 0 Å². The predicted molar refractivity (Wildman–Crippen MR) is 153 cm³/mol. The molecule has 0 aliphatic heterocycles. The van der Waals surface area contributed by atoms with E-state index in [1.807, 2.05) is 0 Å². The monoisotopic (exact) mass is 644 g/mol. The normalized spacial score (nSPS) is 14.9. The second-order valence-corrected chi connectivity index (χ2v) is 14.9. The molecule has 0 fully saturated rings. The molecule has 0 spiro atoms. The molecule has 0 saturated heterocycles. The van der Waals surface area contributed by atoms with Crippen LogP contribution in [0.15, 0.2) is 163 Å². The molecule has 0 nitrogen and oxygen atoms in total. The van der Waals surface area contributed by atoms with Gasteiger partial charge in [0.15, 0.2) is 0 Å². The SMILES string of the molecule is C1=CC(C(c2ccccc2)c2ccccc2)=[C]([Hf][C]2=C(C(c3ccccc3)c3ccccc3)C=CC2)C1.[H-].[H-]. The predicted octanol–water partition coefficient (Wildman–Crippen LogP) is 9.39. The van der Waals surface area contributed by atoms with Crippen molar-refractivity contribution in [1.82, 2.24) is 0 Å². The fraction of sp³-hybridized carbons (Fsp3) is 0.111. The smallest absolute Gasteiger partial charge is 1.00 e. The zero-order chi connectivity index (χ0) is 24.9. The summed E-state index contributed by atoms with van der Waals surface area (Å²) < 4.78 is 3.49. The molecule has 6 rings (SSSR count). The van der Waals surface area contributed by atoms with Crippen molar-refractivity contribution < 1.29 is 25.8 Å². The standard InChI is InChI=1S/2C18H15.Hf.2H/c2*1-3-9-15(10-4-1)18(17-13-7-8-14-17)16-11-5-2-6-12-16;;;/h2*1-7,9-13,18H,8H2;;;/q;;;2*-1. The fourth-order valence-electron chi connectivity index (χ4n) is 5.70. The molecule has 0 bridgehead atoms. The van der Waals surface area contributed by atoms with Gasteiger partial charge in [-0.2, -0.15) is 0 Å². The maximum absolute atomic E-state index is 2.43. The molecule has 0 unspecified atom stereocenters. The van der Waals surface area contributed by atoms with Crippen molar-refractivity contribution in [3.63, 3.8) is 0 Å². The third-order valence-electron chi connectivity index (χ3n) is 7.39. The summed E-state index contributed by atoms with van der Waals surface area (Å²) in [5, 5.41) is 0. The molecular formula is C36H32Hf-2. The Balaban J connectivity index is 0.00000176. The first-order valence-electron chi connectivity index (χ1n) is 13.1. The van der Waals surface area contributed by atoms with E-state index in [9.17, 15) is 0 Å². The molecule has 0 radical (unpaired) electrons. The molecule has 0 heterocycles. The van der Waals surface area contributed by atoms with E-state index in [1.54, 1.807) is 17.8 Å². The molecule has 2 aliphatic rings. The summed E-state index contributed by atoms with van der Waals surface area (Å²) in [5.41, 5.74) is 8.66. The van der Waals surface area contributed by atoms with Crippen LogP contribution in [0.1, 0.15) is 49.8 Å². The van der Waals surface area contributed by atoms with E-state index in [1.165, 1.54) is 22.3 Å². The van der Waals surface area contributed by atoms with Crippen molar-refractivity contribution in [2.75, 3.05) is 0 Å². The molecule has 37 heavy (non-hydrogen) atoms. The molecule has 2 aliphatic carbocycles. The van der Waals surface area contributed by atoms with Crippen LogP contribution in [0.2, 0.25) is 0 Å². The minimum atomic E-state index is -1.25. The Kier molecular flexibility index (Phi) is 7.42. The van der Waals surface area contributed by atoms with Crippen LogP contribution in [0.25, 0.3) is 0 Å². The summed E-state index contributed by atoms with van der Waals surface area (Å²) in [4.78, 5) is 0. The van der Waals surface area contributed by atoms with Crippen LogP contribution in [0, 0.1) is 0 Å². The van der Waals surface area contributed by atoms with Crippen molar-refractivity contribution >= 4 is 0 Å². The Morgan fingerprint density at radius 1 is 0.432 bits per heavy atom. The minimum absolute atomic E-state index is 0. The van der Waals surface area contributed by atoms with Crippen molar-refractivity contribution in [3.05, 3.63) is 186 Å². The first kappa shape index (κ1) is 24.1. The first-order valence-corrected chi connectivity index (χ1v) is 16.7. The Labute approximate surface area is 235 Å². The minimum Gasteiger partial charge on any atom is -1.00 e. The van der Waals surface area contributed by atoms with Gasteiger partial charge in [0.25, 0.3) is 0 Å². The molecule has 4 aromatic rings. The molecule has 4 aromatic carbocycles. The van der Waals surface area contributed by atoms with Gasteiger partial charge >= 0.3 is 233 Å². The summed E-state index contributed by atoms with van der Waals surface area (Å²) in [5.74, 6) is 0.613. The number of allylic oxidation sites excluding steroid dienone is 8.